The summed E-state index contributed by atoms with van der Waals surface area (Å²) >= 11 is 0. The number of hydrogen-bond donors (Lipinski definition) is 0. The lowest BCUT2D eigenvalue weighted by molar-refractivity contribution is -0.115. The van der Waals surface area contributed by atoms with Crippen LogP contribution in [0.1, 0.15) is 51.2 Å². The van der Waals surface area contributed by atoms with E-state index < -0.39 is 8.32 Å². The van der Waals surface area contributed by atoms with Gasteiger partial charge in [-0.2, -0.15) is 0 Å². The number of ketones is 1. The fourth-order valence-corrected chi connectivity index (χ4v) is 4.96. The van der Waals surface area contributed by atoms with Gasteiger partial charge >= 0.3 is 0 Å². The van der Waals surface area contributed by atoms with Gasteiger partial charge in [0.2, 0.25) is 0 Å². The van der Waals surface area contributed by atoms with Crippen molar-refractivity contribution in [2.24, 2.45) is 0 Å². The predicted molar refractivity (Wildman–Crippen MR) is 108 cm³/mol. The zero-order valence-electron chi connectivity index (χ0n) is 17.1. The molecule has 1 atom stereocenters. The van der Waals surface area contributed by atoms with Crippen LogP contribution >= 0.6 is 0 Å². The van der Waals surface area contributed by atoms with Crippen molar-refractivity contribution in [1.29, 1.82) is 0 Å². The number of carbonyl (C=O) groups is 1. The van der Waals surface area contributed by atoms with Gasteiger partial charge in [0.25, 0.3) is 0 Å². The topological polar surface area (TPSA) is 35.5 Å². The number of rotatable bonds is 4. The van der Waals surface area contributed by atoms with Gasteiger partial charge < -0.3 is 9.16 Å². The summed E-state index contributed by atoms with van der Waals surface area (Å²) in [4.78, 5) is 12.1. The smallest absolute Gasteiger partial charge is 0.192 e. The number of ether oxygens (including phenoxy) is 1. The molecular formula is C22H32O3Si. The highest BCUT2D eigenvalue weighted by atomic mass is 28.4. The molecule has 0 heterocycles. The van der Waals surface area contributed by atoms with E-state index in [9.17, 15) is 4.79 Å². The second-order valence-electron chi connectivity index (χ2n) is 9.29. The van der Waals surface area contributed by atoms with Crippen LogP contribution in [0.2, 0.25) is 18.1 Å². The van der Waals surface area contributed by atoms with E-state index in [1.54, 1.807) is 7.11 Å². The first-order valence-electron chi connectivity index (χ1n) is 9.64. The maximum absolute atomic E-state index is 12.1. The molecule has 0 saturated heterocycles. The number of benzene rings is 1. The van der Waals surface area contributed by atoms with Crippen LogP contribution in [0, 0.1) is 0 Å². The van der Waals surface area contributed by atoms with E-state index in [1.165, 1.54) is 16.7 Å². The largest absolute Gasteiger partial charge is 0.497 e. The Labute approximate surface area is 158 Å². The van der Waals surface area contributed by atoms with E-state index >= 15 is 0 Å². The minimum atomic E-state index is -1.86. The normalized spacial score (nSPS) is 23.2. The molecule has 2 aliphatic carbocycles. The Morgan fingerprint density at radius 2 is 1.88 bits per heavy atom. The zero-order chi connectivity index (χ0) is 19.2. The molecule has 0 aliphatic heterocycles. The van der Waals surface area contributed by atoms with E-state index in [0.717, 1.165) is 25.0 Å². The molecule has 3 nitrogen and oxygen atoms in total. The summed E-state index contributed by atoms with van der Waals surface area (Å²) < 4.78 is 12.1. The fourth-order valence-electron chi connectivity index (χ4n) is 3.92. The molecule has 0 fully saturated rings. The maximum Gasteiger partial charge on any atom is 0.192 e. The Hall–Kier alpha value is -1.39. The first kappa shape index (κ1) is 19.4. The number of fused-ring (bicyclic) bond motifs is 3. The summed E-state index contributed by atoms with van der Waals surface area (Å²) in [7, 11) is -0.150. The third-order valence-electron chi connectivity index (χ3n) is 6.73. The Bertz CT molecular complexity index is 742. The van der Waals surface area contributed by atoms with E-state index in [2.05, 4.69) is 46.0 Å². The molecule has 0 saturated carbocycles. The average molecular weight is 373 g/mol. The third kappa shape index (κ3) is 3.29. The number of aryl methyl sites for hydroxylation is 1. The van der Waals surface area contributed by atoms with Gasteiger partial charge in [0.1, 0.15) is 5.75 Å². The first-order valence-corrected chi connectivity index (χ1v) is 12.6. The van der Waals surface area contributed by atoms with Crippen molar-refractivity contribution in [1.82, 2.24) is 0 Å². The van der Waals surface area contributed by atoms with Gasteiger partial charge in [0, 0.05) is 18.4 Å². The lowest BCUT2D eigenvalue weighted by atomic mass is 9.62. The molecule has 0 bridgehead atoms. The molecule has 2 aliphatic rings. The summed E-state index contributed by atoms with van der Waals surface area (Å²) in [6, 6.07) is 6.41. The average Bonchev–Trinajstić information content (AvgIpc) is 2.58. The summed E-state index contributed by atoms with van der Waals surface area (Å²) in [5, 5.41) is 0.176. The Morgan fingerprint density at radius 3 is 2.54 bits per heavy atom. The van der Waals surface area contributed by atoms with Crippen molar-refractivity contribution in [2.45, 2.75) is 70.0 Å². The molecule has 4 heteroatoms. The Kier molecular flexibility index (Phi) is 4.95. The van der Waals surface area contributed by atoms with Crippen LogP contribution in [0.5, 0.6) is 5.75 Å². The third-order valence-corrected chi connectivity index (χ3v) is 11.2. The van der Waals surface area contributed by atoms with Gasteiger partial charge in [-0.25, -0.2) is 0 Å². The minimum absolute atomic E-state index is 0.150. The molecule has 0 amide bonds. The molecule has 1 aromatic carbocycles. The van der Waals surface area contributed by atoms with Crippen LogP contribution in [0.15, 0.2) is 29.8 Å². The molecule has 0 aromatic heterocycles. The van der Waals surface area contributed by atoms with Crippen LogP contribution in [0.4, 0.5) is 0 Å². The second kappa shape index (κ2) is 6.65. The van der Waals surface area contributed by atoms with Crippen LogP contribution in [0.3, 0.4) is 0 Å². The molecule has 142 valence electrons. The summed E-state index contributed by atoms with van der Waals surface area (Å²) in [6.07, 6.45) is 5.27. The van der Waals surface area contributed by atoms with Gasteiger partial charge in [0.15, 0.2) is 14.1 Å². The number of methoxy groups -OCH3 is 1. The molecule has 26 heavy (non-hydrogen) atoms. The van der Waals surface area contributed by atoms with Gasteiger partial charge in [-0.15, -0.1) is 0 Å². The van der Waals surface area contributed by atoms with Gasteiger partial charge in [0.05, 0.1) is 7.11 Å². The second-order valence-corrected chi connectivity index (χ2v) is 14.1. The highest BCUT2D eigenvalue weighted by Crippen LogP contribution is 2.49. The Balaban J connectivity index is 2.03. The predicted octanol–water partition coefficient (Wildman–Crippen LogP) is 5.19. The van der Waals surface area contributed by atoms with E-state index in [1.807, 2.05) is 12.1 Å². The van der Waals surface area contributed by atoms with Gasteiger partial charge in [-0.3, -0.25) is 4.79 Å². The standard InChI is InChI=1S/C22H32O3Si/c1-21(2,3)26(5,6)25-15-22-12-11-18(23)14-17(22)8-7-16-13-19(24-4)9-10-20(16)22/h9-10,13-14H,7-8,11-12,15H2,1-6H3. The van der Waals surface area contributed by atoms with Crippen LogP contribution in [-0.2, 0) is 21.1 Å². The maximum atomic E-state index is 12.1. The minimum Gasteiger partial charge on any atom is -0.497 e. The molecule has 0 spiro atoms. The summed E-state index contributed by atoms with van der Waals surface area (Å²) in [5.74, 6) is 1.17. The lowest BCUT2D eigenvalue weighted by Crippen LogP contribution is -2.48. The highest BCUT2D eigenvalue weighted by molar-refractivity contribution is 6.74. The fraction of sp³-hybridized carbons (Fsp3) is 0.591. The van der Waals surface area contributed by atoms with E-state index in [0.29, 0.717) is 13.0 Å². The molecule has 1 unspecified atom stereocenters. The van der Waals surface area contributed by atoms with Crippen LogP contribution in [0.25, 0.3) is 0 Å². The van der Waals surface area contributed by atoms with Crippen molar-refractivity contribution in [3.05, 3.63) is 41.0 Å². The van der Waals surface area contributed by atoms with Crippen molar-refractivity contribution in [2.75, 3.05) is 13.7 Å². The number of carbonyl (C=O) groups excluding carboxylic acids is 1. The van der Waals surface area contributed by atoms with Crippen molar-refractivity contribution < 1.29 is 14.0 Å². The highest BCUT2D eigenvalue weighted by Gasteiger charge is 2.46. The zero-order valence-corrected chi connectivity index (χ0v) is 18.1. The molecule has 0 radical (unpaired) electrons. The molecule has 3 rings (SSSR count). The van der Waals surface area contributed by atoms with Crippen LogP contribution < -0.4 is 4.74 Å². The quantitative estimate of drug-likeness (QED) is 0.682. The lowest BCUT2D eigenvalue weighted by Gasteiger charge is -2.46. The summed E-state index contributed by atoms with van der Waals surface area (Å²) in [5.41, 5.74) is 3.80. The van der Waals surface area contributed by atoms with Crippen molar-refractivity contribution in [3.63, 3.8) is 0 Å². The SMILES string of the molecule is COc1ccc2c(c1)CCC1=CC(=O)CCC12CO[Si](C)(C)C(C)(C)C. The van der Waals surface area contributed by atoms with Gasteiger partial charge in [-0.05, 0) is 66.7 Å². The van der Waals surface area contributed by atoms with E-state index in [-0.39, 0.29) is 16.2 Å². The first-order chi connectivity index (χ1) is 12.1. The van der Waals surface area contributed by atoms with Gasteiger partial charge in [-0.1, -0.05) is 32.4 Å². The molecular weight excluding hydrogens is 340 g/mol. The van der Waals surface area contributed by atoms with Crippen molar-refractivity contribution >= 4 is 14.1 Å². The monoisotopic (exact) mass is 372 g/mol. The Morgan fingerprint density at radius 1 is 1.15 bits per heavy atom. The van der Waals surface area contributed by atoms with Crippen molar-refractivity contribution in [3.8, 4) is 5.75 Å². The number of allylic oxidation sites excluding steroid dienone is 1. The molecule has 0 N–H and O–H groups in total. The van der Waals surface area contributed by atoms with Crippen LogP contribution in [-0.4, -0.2) is 27.8 Å². The summed E-state index contributed by atoms with van der Waals surface area (Å²) in [6.45, 7) is 12.1. The molecule has 1 aromatic rings. The number of hydrogen-bond acceptors (Lipinski definition) is 3. The van der Waals surface area contributed by atoms with E-state index in [4.69, 9.17) is 9.16 Å².